The number of pyridine rings is 1. The molecule has 2 aromatic rings. The molecule has 0 aliphatic heterocycles. The Kier molecular flexibility index (Phi) is 4.53. The first kappa shape index (κ1) is 15.4. The number of carbonyl (C=O) groups is 1. The van der Waals surface area contributed by atoms with Crippen LogP contribution >= 0.6 is 11.6 Å². The molecule has 2 aromatic heterocycles. The Morgan fingerprint density at radius 3 is 2.57 bits per heavy atom. The van der Waals surface area contributed by atoms with Gasteiger partial charge >= 0.3 is 0 Å². The molecule has 2 rings (SSSR count). The molecule has 0 unspecified atom stereocenters. The normalized spacial score (nSPS) is 10.8. The molecule has 0 spiro atoms. The van der Waals surface area contributed by atoms with Crippen LogP contribution in [0.3, 0.4) is 0 Å². The summed E-state index contributed by atoms with van der Waals surface area (Å²) in [4.78, 5) is 25.0. The van der Waals surface area contributed by atoms with E-state index in [-0.39, 0.29) is 22.5 Å². The second kappa shape index (κ2) is 6.18. The van der Waals surface area contributed by atoms with Crippen molar-refractivity contribution in [3.63, 3.8) is 0 Å². The fraction of sp³-hybridized carbons (Fsp3) is 0.333. The molecule has 5 nitrogen and oxygen atoms in total. The van der Waals surface area contributed by atoms with Gasteiger partial charge in [-0.1, -0.05) is 25.4 Å². The lowest BCUT2D eigenvalue weighted by Gasteiger charge is -2.10. The molecular weight excluding hydrogens is 288 g/mol. The molecule has 0 aliphatic rings. The van der Waals surface area contributed by atoms with Crippen LogP contribution in [0.1, 0.15) is 47.5 Å². The third kappa shape index (κ3) is 3.55. The topological polar surface area (TPSA) is 67.8 Å². The summed E-state index contributed by atoms with van der Waals surface area (Å²) in [5, 5.41) is 3.02. The minimum absolute atomic E-state index is 0.122. The van der Waals surface area contributed by atoms with Crippen LogP contribution in [0.15, 0.2) is 18.3 Å². The fourth-order valence-electron chi connectivity index (χ4n) is 1.82. The molecule has 0 bridgehead atoms. The van der Waals surface area contributed by atoms with Crippen LogP contribution in [0.2, 0.25) is 5.02 Å². The quantitative estimate of drug-likeness (QED) is 0.942. The summed E-state index contributed by atoms with van der Waals surface area (Å²) in [6.07, 6.45) is 1.46. The summed E-state index contributed by atoms with van der Waals surface area (Å²) in [6.45, 7) is 7.65. The van der Waals surface area contributed by atoms with Crippen LogP contribution in [0.25, 0.3) is 0 Å². The van der Waals surface area contributed by atoms with Gasteiger partial charge in [-0.15, -0.1) is 0 Å². The van der Waals surface area contributed by atoms with Crippen molar-refractivity contribution < 1.29 is 4.79 Å². The summed E-state index contributed by atoms with van der Waals surface area (Å²) in [7, 11) is 0. The van der Waals surface area contributed by atoms with E-state index in [1.54, 1.807) is 0 Å². The monoisotopic (exact) mass is 304 g/mol. The average molecular weight is 305 g/mol. The number of amides is 1. The first-order valence-corrected chi connectivity index (χ1v) is 7.04. The fourth-order valence-corrected chi connectivity index (χ4v) is 2.00. The van der Waals surface area contributed by atoms with Gasteiger partial charge in [0, 0.05) is 11.6 Å². The highest BCUT2D eigenvalue weighted by Crippen LogP contribution is 2.19. The van der Waals surface area contributed by atoms with Crippen molar-refractivity contribution in [1.29, 1.82) is 0 Å². The van der Waals surface area contributed by atoms with Crippen molar-refractivity contribution in [2.24, 2.45) is 0 Å². The lowest BCUT2D eigenvalue weighted by atomic mass is 10.2. The van der Waals surface area contributed by atoms with Crippen LogP contribution in [0.5, 0.6) is 0 Å². The largest absolute Gasteiger partial charge is 0.319 e. The maximum absolute atomic E-state index is 12.3. The van der Waals surface area contributed by atoms with E-state index in [0.29, 0.717) is 11.5 Å². The van der Waals surface area contributed by atoms with E-state index >= 15 is 0 Å². The highest BCUT2D eigenvalue weighted by atomic mass is 35.5. The van der Waals surface area contributed by atoms with Crippen LogP contribution in [-0.2, 0) is 0 Å². The summed E-state index contributed by atoms with van der Waals surface area (Å²) >= 11 is 6.03. The Bertz CT molecular complexity index is 685. The molecule has 2 heterocycles. The number of halogens is 1. The molecule has 0 saturated carbocycles. The van der Waals surface area contributed by atoms with E-state index in [1.807, 2.05) is 39.8 Å². The number of hydrogen-bond donors (Lipinski definition) is 1. The van der Waals surface area contributed by atoms with Gasteiger partial charge < -0.3 is 5.32 Å². The number of nitrogens with one attached hydrogen (secondary N) is 1. The number of carbonyl (C=O) groups excluding carboxylic acids is 1. The van der Waals surface area contributed by atoms with Crippen LogP contribution in [0, 0.1) is 13.8 Å². The highest BCUT2D eigenvalue weighted by Gasteiger charge is 2.16. The molecule has 110 valence electrons. The third-order valence-corrected chi connectivity index (χ3v) is 3.24. The zero-order valence-corrected chi connectivity index (χ0v) is 13.2. The van der Waals surface area contributed by atoms with Crippen molar-refractivity contribution in [3.8, 4) is 0 Å². The van der Waals surface area contributed by atoms with E-state index in [9.17, 15) is 4.79 Å². The van der Waals surface area contributed by atoms with E-state index in [1.165, 1.54) is 6.20 Å². The highest BCUT2D eigenvalue weighted by molar-refractivity contribution is 6.33. The van der Waals surface area contributed by atoms with E-state index in [0.717, 1.165) is 11.4 Å². The molecule has 21 heavy (non-hydrogen) atoms. The van der Waals surface area contributed by atoms with Gasteiger partial charge in [-0.3, -0.25) is 9.78 Å². The Hall–Kier alpha value is -2.01. The second-order valence-electron chi connectivity index (χ2n) is 5.12. The minimum atomic E-state index is -0.363. The predicted octanol–water partition coefficient (Wildman–Crippen LogP) is 3.52. The number of aromatic nitrogens is 3. The minimum Gasteiger partial charge on any atom is -0.319 e. The van der Waals surface area contributed by atoms with E-state index < -0.39 is 0 Å². The third-order valence-electron chi connectivity index (χ3n) is 2.97. The van der Waals surface area contributed by atoms with Gasteiger partial charge in [0.1, 0.15) is 5.82 Å². The Labute approximate surface area is 128 Å². The van der Waals surface area contributed by atoms with Gasteiger partial charge in [0.2, 0.25) is 0 Å². The molecule has 6 heteroatoms. The van der Waals surface area contributed by atoms with Crippen LogP contribution in [0.4, 0.5) is 5.69 Å². The summed E-state index contributed by atoms with van der Waals surface area (Å²) in [5.41, 5.74) is 2.46. The number of nitrogens with zero attached hydrogens (tertiary/aromatic N) is 3. The predicted molar refractivity (Wildman–Crippen MR) is 82.8 cm³/mol. The van der Waals surface area contributed by atoms with Crippen LogP contribution < -0.4 is 5.32 Å². The molecule has 1 N–H and O–H groups in total. The molecule has 0 radical (unpaired) electrons. The molecular formula is C15H17ClN4O. The van der Waals surface area contributed by atoms with Gasteiger partial charge in [-0.2, -0.15) is 0 Å². The molecule has 0 atom stereocenters. The SMILES string of the molecule is Cc1ccc(NC(=O)c2nc(C(C)C)ncc2Cl)c(C)n1. The maximum Gasteiger partial charge on any atom is 0.276 e. The zero-order valence-electron chi connectivity index (χ0n) is 12.4. The number of rotatable bonds is 3. The number of anilines is 1. The van der Waals surface area contributed by atoms with Gasteiger partial charge in [0.05, 0.1) is 22.6 Å². The maximum atomic E-state index is 12.3. The average Bonchev–Trinajstić information content (AvgIpc) is 2.42. The molecule has 0 fully saturated rings. The van der Waals surface area contributed by atoms with Gasteiger partial charge in [-0.05, 0) is 26.0 Å². The van der Waals surface area contributed by atoms with Gasteiger partial charge in [-0.25, -0.2) is 9.97 Å². The molecule has 1 amide bonds. The van der Waals surface area contributed by atoms with Gasteiger partial charge in [0.15, 0.2) is 5.69 Å². The van der Waals surface area contributed by atoms with Gasteiger partial charge in [0.25, 0.3) is 5.91 Å². The molecule has 0 aromatic carbocycles. The van der Waals surface area contributed by atoms with E-state index in [4.69, 9.17) is 11.6 Å². The molecule has 0 saturated heterocycles. The lowest BCUT2D eigenvalue weighted by Crippen LogP contribution is -2.17. The van der Waals surface area contributed by atoms with Crippen molar-refractivity contribution >= 4 is 23.2 Å². The summed E-state index contributed by atoms with van der Waals surface area (Å²) in [5.74, 6) is 0.345. The Balaban J connectivity index is 2.30. The van der Waals surface area contributed by atoms with E-state index in [2.05, 4.69) is 20.3 Å². The molecule has 0 aliphatic carbocycles. The van der Waals surface area contributed by atoms with Crippen molar-refractivity contribution in [3.05, 3.63) is 46.3 Å². The first-order valence-electron chi connectivity index (χ1n) is 6.66. The lowest BCUT2D eigenvalue weighted by molar-refractivity contribution is 0.102. The smallest absolute Gasteiger partial charge is 0.276 e. The standard InChI is InChI=1S/C15H17ClN4O/c1-8(2)14-17-7-11(16)13(20-14)15(21)19-12-6-5-9(3)18-10(12)4/h5-8H,1-4H3,(H,19,21). The Morgan fingerprint density at radius 1 is 1.24 bits per heavy atom. The van der Waals surface area contributed by atoms with Crippen molar-refractivity contribution in [1.82, 2.24) is 15.0 Å². The Morgan fingerprint density at radius 2 is 1.95 bits per heavy atom. The van der Waals surface area contributed by atoms with Crippen molar-refractivity contribution in [2.75, 3.05) is 5.32 Å². The first-order chi connectivity index (χ1) is 9.88. The zero-order chi connectivity index (χ0) is 15.6. The summed E-state index contributed by atoms with van der Waals surface area (Å²) < 4.78 is 0. The number of aryl methyl sites for hydroxylation is 2. The number of hydrogen-bond acceptors (Lipinski definition) is 4. The van der Waals surface area contributed by atoms with Crippen LogP contribution in [-0.4, -0.2) is 20.9 Å². The van der Waals surface area contributed by atoms with Crippen molar-refractivity contribution in [2.45, 2.75) is 33.6 Å². The second-order valence-corrected chi connectivity index (χ2v) is 5.53. The summed E-state index contributed by atoms with van der Waals surface area (Å²) in [6, 6.07) is 3.65.